The van der Waals surface area contributed by atoms with E-state index in [0.717, 1.165) is 44.6 Å². The lowest BCUT2D eigenvalue weighted by molar-refractivity contribution is -0.139. The van der Waals surface area contributed by atoms with Gasteiger partial charge in [0, 0.05) is 38.6 Å². The SMILES string of the molecule is CCn1c(C2CCN(C(=O)C3CCC3)CC2)nn(CCOC)c1=O. The first kappa shape index (κ1) is 17.2. The molecule has 0 bridgehead atoms. The molecular weight excluding hydrogens is 308 g/mol. The monoisotopic (exact) mass is 336 g/mol. The predicted molar refractivity (Wildman–Crippen MR) is 89.9 cm³/mol. The first-order chi connectivity index (χ1) is 11.7. The molecule has 3 rings (SSSR count). The number of rotatable bonds is 6. The van der Waals surface area contributed by atoms with Gasteiger partial charge in [0.1, 0.15) is 5.82 Å². The number of carbonyl (C=O) groups is 1. The average molecular weight is 336 g/mol. The molecule has 0 N–H and O–H groups in total. The highest BCUT2D eigenvalue weighted by Crippen LogP contribution is 2.32. The second-order valence-electron chi connectivity index (χ2n) is 6.83. The number of carbonyl (C=O) groups excluding carboxylic acids is 1. The summed E-state index contributed by atoms with van der Waals surface area (Å²) < 4.78 is 8.33. The second kappa shape index (κ2) is 7.51. The highest BCUT2D eigenvalue weighted by atomic mass is 16.5. The van der Waals surface area contributed by atoms with Crippen LogP contribution < -0.4 is 5.69 Å². The summed E-state index contributed by atoms with van der Waals surface area (Å²) in [5, 5.41) is 4.56. The Morgan fingerprint density at radius 2 is 1.96 bits per heavy atom. The van der Waals surface area contributed by atoms with Crippen LogP contribution in [0.4, 0.5) is 0 Å². The molecule has 1 amide bonds. The Labute approximate surface area is 142 Å². The third-order valence-electron chi connectivity index (χ3n) is 5.40. The Kier molecular flexibility index (Phi) is 5.38. The zero-order valence-corrected chi connectivity index (χ0v) is 14.7. The van der Waals surface area contributed by atoms with Crippen molar-refractivity contribution in [3.8, 4) is 0 Å². The molecule has 2 heterocycles. The standard InChI is InChI=1S/C17H28N4O3/c1-3-20-15(18-21(17(20)23)11-12-24-2)13-7-9-19(10-8-13)16(22)14-5-4-6-14/h13-14H,3-12H2,1-2H3. The Hall–Kier alpha value is -1.63. The van der Waals surface area contributed by atoms with Crippen LogP contribution in [0.3, 0.4) is 0 Å². The molecule has 1 aliphatic heterocycles. The lowest BCUT2D eigenvalue weighted by Gasteiger charge is -2.36. The fourth-order valence-electron chi connectivity index (χ4n) is 3.65. The summed E-state index contributed by atoms with van der Waals surface area (Å²) in [6.07, 6.45) is 5.07. The van der Waals surface area contributed by atoms with Crippen molar-refractivity contribution in [3.05, 3.63) is 16.3 Å². The van der Waals surface area contributed by atoms with E-state index in [1.165, 1.54) is 11.1 Å². The van der Waals surface area contributed by atoms with Crippen LogP contribution in [-0.2, 0) is 22.6 Å². The summed E-state index contributed by atoms with van der Waals surface area (Å²) >= 11 is 0. The van der Waals surface area contributed by atoms with E-state index in [9.17, 15) is 9.59 Å². The molecular formula is C17H28N4O3. The van der Waals surface area contributed by atoms with E-state index >= 15 is 0 Å². The van der Waals surface area contributed by atoms with Gasteiger partial charge in [0.05, 0.1) is 13.2 Å². The van der Waals surface area contributed by atoms with Gasteiger partial charge in [0.25, 0.3) is 0 Å². The van der Waals surface area contributed by atoms with Crippen molar-refractivity contribution in [3.63, 3.8) is 0 Å². The zero-order valence-electron chi connectivity index (χ0n) is 14.7. The lowest BCUT2D eigenvalue weighted by Crippen LogP contribution is -2.43. The molecule has 0 radical (unpaired) electrons. The average Bonchev–Trinajstić information content (AvgIpc) is 2.87. The minimum atomic E-state index is -0.0578. The number of methoxy groups -OCH3 is 1. The van der Waals surface area contributed by atoms with Gasteiger partial charge >= 0.3 is 5.69 Å². The minimum absolute atomic E-state index is 0.0578. The zero-order chi connectivity index (χ0) is 17.1. The number of hydrogen-bond acceptors (Lipinski definition) is 4. The topological polar surface area (TPSA) is 69.4 Å². The number of ether oxygens (including phenoxy) is 1. The fourth-order valence-corrected chi connectivity index (χ4v) is 3.65. The molecule has 0 aromatic carbocycles. The number of aromatic nitrogens is 3. The van der Waals surface area contributed by atoms with Crippen LogP contribution in [-0.4, -0.2) is 52.0 Å². The predicted octanol–water partition coefficient (Wildman–Crippen LogP) is 1.22. The highest BCUT2D eigenvalue weighted by Gasteiger charge is 2.33. The Balaban J connectivity index is 1.67. The largest absolute Gasteiger partial charge is 0.383 e. The smallest absolute Gasteiger partial charge is 0.345 e. The highest BCUT2D eigenvalue weighted by molar-refractivity contribution is 5.79. The Morgan fingerprint density at radius 1 is 1.25 bits per heavy atom. The Morgan fingerprint density at radius 3 is 2.50 bits per heavy atom. The van der Waals surface area contributed by atoms with Gasteiger partial charge in [-0.2, -0.15) is 5.10 Å². The van der Waals surface area contributed by atoms with Gasteiger partial charge in [-0.1, -0.05) is 6.42 Å². The molecule has 0 spiro atoms. The fraction of sp³-hybridized carbons (Fsp3) is 0.824. The van der Waals surface area contributed by atoms with Crippen molar-refractivity contribution in [2.75, 3.05) is 26.8 Å². The van der Waals surface area contributed by atoms with Crippen LogP contribution in [0.2, 0.25) is 0 Å². The van der Waals surface area contributed by atoms with Gasteiger partial charge in [-0.05, 0) is 32.6 Å². The Bertz CT molecular complexity index is 624. The molecule has 1 aromatic rings. The third kappa shape index (κ3) is 3.27. The van der Waals surface area contributed by atoms with Crippen LogP contribution in [0.25, 0.3) is 0 Å². The number of likely N-dealkylation sites (tertiary alicyclic amines) is 1. The maximum atomic E-state index is 12.4. The number of nitrogens with zero attached hydrogens (tertiary/aromatic N) is 4. The maximum Gasteiger partial charge on any atom is 0.345 e. The van der Waals surface area contributed by atoms with E-state index < -0.39 is 0 Å². The summed E-state index contributed by atoms with van der Waals surface area (Å²) in [5.74, 6) is 1.73. The van der Waals surface area contributed by atoms with E-state index in [4.69, 9.17) is 4.74 Å². The van der Waals surface area contributed by atoms with Crippen LogP contribution in [0.5, 0.6) is 0 Å². The van der Waals surface area contributed by atoms with E-state index in [-0.39, 0.29) is 17.5 Å². The number of amides is 1. The molecule has 0 unspecified atom stereocenters. The van der Waals surface area contributed by atoms with Crippen molar-refractivity contribution in [2.45, 2.75) is 58.0 Å². The van der Waals surface area contributed by atoms with E-state index in [2.05, 4.69) is 5.10 Å². The van der Waals surface area contributed by atoms with E-state index in [0.29, 0.717) is 25.6 Å². The second-order valence-corrected chi connectivity index (χ2v) is 6.83. The van der Waals surface area contributed by atoms with Gasteiger partial charge in [0.2, 0.25) is 5.91 Å². The summed E-state index contributed by atoms with van der Waals surface area (Å²) in [7, 11) is 1.62. The van der Waals surface area contributed by atoms with Crippen LogP contribution >= 0.6 is 0 Å². The van der Waals surface area contributed by atoms with Gasteiger partial charge in [-0.25, -0.2) is 9.48 Å². The van der Waals surface area contributed by atoms with Crippen molar-refractivity contribution in [2.24, 2.45) is 5.92 Å². The van der Waals surface area contributed by atoms with Crippen molar-refractivity contribution in [1.82, 2.24) is 19.2 Å². The van der Waals surface area contributed by atoms with E-state index in [1.807, 2.05) is 11.8 Å². The summed E-state index contributed by atoms with van der Waals surface area (Å²) in [6, 6.07) is 0. The molecule has 1 saturated heterocycles. The lowest BCUT2D eigenvalue weighted by atomic mass is 9.83. The number of piperidine rings is 1. The van der Waals surface area contributed by atoms with Crippen molar-refractivity contribution in [1.29, 1.82) is 0 Å². The minimum Gasteiger partial charge on any atom is -0.383 e. The van der Waals surface area contributed by atoms with Gasteiger partial charge in [-0.3, -0.25) is 9.36 Å². The molecule has 1 aromatic heterocycles. The molecule has 1 aliphatic carbocycles. The number of hydrogen-bond donors (Lipinski definition) is 0. The van der Waals surface area contributed by atoms with Gasteiger partial charge in [-0.15, -0.1) is 0 Å². The third-order valence-corrected chi connectivity index (χ3v) is 5.40. The molecule has 134 valence electrons. The molecule has 1 saturated carbocycles. The van der Waals surface area contributed by atoms with Gasteiger partial charge in [0.15, 0.2) is 0 Å². The first-order valence-electron chi connectivity index (χ1n) is 9.11. The van der Waals surface area contributed by atoms with Crippen LogP contribution in [0, 0.1) is 5.92 Å². The summed E-state index contributed by atoms with van der Waals surface area (Å²) in [5.41, 5.74) is -0.0578. The van der Waals surface area contributed by atoms with E-state index in [1.54, 1.807) is 11.7 Å². The molecule has 7 heteroatoms. The van der Waals surface area contributed by atoms with Crippen LogP contribution in [0.1, 0.15) is 50.8 Å². The quantitative estimate of drug-likeness (QED) is 0.783. The van der Waals surface area contributed by atoms with Crippen molar-refractivity contribution >= 4 is 5.91 Å². The van der Waals surface area contributed by atoms with Gasteiger partial charge < -0.3 is 9.64 Å². The molecule has 7 nitrogen and oxygen atoms in total. The molecule has 24 heavy (non-hydrogen) atoms. The maximum absolute atomic E-state index is 12.4. The summed E-state index contributed by atoms with van der Waals surface area (Å²) in [6.45, 7) is 5.12. The summed E-state index contributed by atoms with van der Waals surface area (Å²) in [4.78, 5) is 26.8. The van der Waals surface area contributed by atoms with Crippen molar-refractivity contribution < 1.29 is 9.53 Å². The molecule has 2 aliphatic rings. The first-order valence-corrected chi connectivity index (χ1v) is 9.11. The molecule has 2 fully saturated rings. The normalized spacial score (nSPS) is 19.5. The molecule has 0 atom stereocenters. The van der Waals surface area contributed by atoms with Crippen LogP contribution in [0.15, 0.2) is 4.79 Å².